The summed E-state index contributed by atoms with van der Waals surface area (Å²) in [6, 6.07) is 7.52. The Morgan fingerprint density at radius 3 is 2.76 bits per heavy atom. The fourth-order valence-corrected chi connectivity index (χ4v) is 1.59. The third kappa shape index (κ3) is 1.59. The lowest BCUT2D eigenvalue weighted by molar-refractivity contribution is 0.637. The molecule has 0 amide bonds. The van der Waals surface area contributed by atoms with Gasteiger partial charge in [-0.25, -0.2) is 14.5 Å². The van der Waals surface area contributed by atoms with Crippen LogP contribution in [0.25, 0.3) is 22.6 Å². The Morgan fingerprint density at radius 1 is 1.18 bits per heavy atom. The molecule has 2 heterocycles. The first-order chi connectivity index (χ1) is 8.24. The molecule has 0 radical (unpaired) electrons. The topological polar surface area (TPSA) is 74.4 Å². The zero-order valence-corrected chi connectivity index (χ0v) is 8.57. The summed E-state index contributed by atoms with van der Waals surface area (Å²) in [5.74, 6) is 0.0239. The van der Waals surface area contributed by atoms with Gasteiger partial charge >= 0.3 is 0 Å². The molecule has 0 aliphatic heterocycles. The number of H-pyrrole nitrogens is 2. The molecule has 17 heavy (non-hydrogen) atoms. The number of halogens is 1. The lowest BCUT2D eigenvalue weighted by atomic mass is 10.3. The molecule has 0 bridgehead atoms. The van der Waals surface area contributed by atoms with Gasteiger partial charge in [-0.3, -0.25) is 4.79 Å². The minimum atomic E-state index is -0.394. The quantitative estimate of drug-likeness (QED) is 0.664. The predicted molar refractivity (Wildman–Crippen MR) is 59.9 cm³/mol. The first kappa shape index (κ1) is 9.71. The molecule has 1 aromatic carbocycles. The minimum Gasteiger partial charge on any atom is -0.336 e. The lowest BCUT2D eigenvalue weighted by Gasteiger charge is -1.91. The number of imidazole rings is 1. The standard InChI is InChI=1S/C11H7FN4O/c12-6-2-1-3-7-10(6)14-11(13-7)8-4-5-9(17)16-15-8/h1-5H,(H,13,14)(H,16,17). The van der Waals surface area contributed by atoms with E-state index in [0.717, 1.165) is 0 Å². The molecule has 0 saturated carbocycles. The number of aromatic amines is 2. The van der Waals surface area contributed by atoms with Crippen molar-refractivity contribution in [1.82, 2.24) is 20.2 Å². The minimum absolute atomic E-state index is 0.260. The van der Waals surface area contributed by atoms with E-state index in [1.54, 1.807) is 12.1 Å². The smallest absolute Gasteiger partial charge is 0.264 e. The highest BCUT2D eigenvalue weighted by Gasteiger charge is 2.09. The molecule has 6 heteroatoms. The van der Waals surface area contributed by atoms with Gasteiger partial charge in [0.25, 0.3) is 5.56 Å². The zero-order valence-electron chi connectivity index (χ0n) is 8.57. The van der Waals surface area contributed by atoms with Crippen LogP contribution in [0.1, 0.15) is 0 Å². The first-order valence-electron chi connectivity index (χ1n) is 4.94. The van der Waals surface area contributed by atoms with E-state index in [0.29, 0.717) is 17.0 Å². The summed E-state index contributed by atoms with van der Waals surface area (Å²) in [7, 11) is 0. The van der Waals surface area contributed by atoms with E-state index < -0.39 is 5.82 Å². The SMILES string of the molecule is O=c1ccc(-c2nc3c(F)cccc3[nH]2)n[nH]1. The summed E-state index contributed by atoms with van der Waals surface area (Å²) < 4.78 is 13.4. The number of nitrogens with one attached hydrogen (secondary N) is 2. The second-order valence-corrected chi connectivity index (χ2v) is 3.53. The Hall–Kier alpha value is -2.50. The van der Waals surface area contributed by atoms with Crippen molar-refractivity contribution in [3.05, 3.63) is 46.5 Å². The van der Waals surface area contributed by atoms with Gasteiger partial charge in [0.2, 0.25) is 0 Å². The molecule has 3 aromatic rings. The van der Waals surface area contributed by atoms with Crippen molar-refractivity contribution in [2.24, 2.45) is 0 Å². The van der Waals surface area contributed by atoms with Gasteiger partial charge in [-0.05, 0) is 18.2 Å². The van der Waals surface area contributed by atoms with Gasteiger partial charge < -0.3 is 4.98 Å². The molecule has 2 N–H and O–H groups in total. The molecule has 0 fully saturated rings. The third-order valence-corrected chi connectivity index (χ3v) is 2.39. The van der Waals surface area contributed by atoms with Gasteiger partial charge in [-0.2, -0.15) is 5.10 Å². The fraction of sp³-hybridized carbons (Fsp3) is 0. The molecule has 3 rings (SSSR count). The van der Waals surface area contributed by atoms with Crippen molar-refractivity contribution in [3.8, 4) is 11.5 Å². The van der Waals surface area contributed by atoms with Crippen molar-refractivity contribution in [2.45, 2.75) is 0 Å². The highest BCUT2D eigenvalue weighted by atomic mass is 19.1. The summed E-state index contributed by atoms with van der Waals surface area (Å²) >= 11 is 0. The van der Waals surface area contributed by atoms with Gasteiger partial charge in [0.15, 0.2) is 11.6 Å². The van der Waals surface area contributed by atoms with E-state index in [1.807, 2.05) is 0 Å². The maximum absolute atomic E-state index is 13.4. The summed E-state index contributed by atoms with van der Waals surface area (Å²) in [4.78, 5) is 17.9. The monoisotopic (exact) mass is 230 g/mol. The molecule has 0 unspecified atom stereocenters. The summed E-state index contributed by atoms with van der Waals surface area (Å²) in [5, 5.41) is 6.12. The van der Waals surface area contributed by atoms with Crippen LogP contribution in [0.2, 0.25) is 0 Å². The number of hydrogen-bond donors (Lipinski definition) is 2. The van der Waals surface area contributed by atoms with E-state index in [-0.39, 0.29) is 11.1 Å². The van der Waals surface area contributed by atoms with Gasteiger partial charge in [-0.15, -0.1) is 0 Å². The van der Waals surface area contributed by atoms with E-state index in [4.69, 9.17) is 0 Å². The van der Waals surface area contributed by atoms with Crippen LogP contribution in [0.5, 0.6) is 0 Å². The average Bonchev–Trinajstić information content (AvgIpc) is 2.75. The number of hydrogen-bond acceptors (Lipinski definition) is 3. The molecule has 84 valence electrons. The van der Waals surface area contributed by atoms with E-state index in [2.05, 4.69) is 20.2 Å². The molecule has 5 nitrogen and oxygen atoms in total. The molecule has 0 atom stereocenters. The molecule has 0 aliphatic rings. The van der Waals surface area contributed by atoms with Crippen molar-refractivity contribution in [3.63, 3.8) is 0 Å². The van der Waals surface area contributed by atoms with Crippen LogP contribution in [-0.4, -0.2) is 20.2 Å². The maximum atomic E-state index is 13.4. The number of rotatable bonds is 1. The van der Waals surface area contributed by atoms with Crippen molar-refractivity contribution < 1.29 is 4.39 Å². The molecule has 0 spiro atoms. The van der Waals surface area contributed by atoms with E-state index in [1.165, 1.54) is 18.2 Å². The second-order valence-electron chi connectivity index (χ2n) is 3.53. The van der Waals surface area contributed by atoms with Crippen LogP contribution in [0.4, 0.5) is 4.39 Å². The van der Waals surface area contributed by atoms with Gasteiger partial charge in [0.05, 0.1) is 5.52 Å². The first-order valence-corrected chi connectivity index (χ1v) is 4.94. The van der Waals surface area contributed by atoms with Crippen LogP contribution >= 0.6 is 0 Å². The number of fused-ring (bicyclic) bond motifs is 1. The number of para-hydroxylation sites is 1. The summed E-state index contributed by atoms with van der Waals surface area (Å²) in [6.07, 6.45) is 0. The predicted octanol–water partition coefficient (Wildman–Crippen LogP) is 1.45. The largest absolute Gasteiger partial charge is 0.336 e. The van der Waals surface area contributed by atoms with Gasteiger partial charge in [-0.1, -0.05) is 6.07 Å². The van der Waals surface area contributed by atoms with E-state index >= 15 is 0 Å². The van der Waals surface area contributed by atoms with Crippen LogP contribution in [-0.2, 0) is 0 Å². The molecule has 0 saturated heterocycles. The summed E-state index contributed by atoms with van der Waals surface area (Å²) in [5.41, 5.74) is 1.01. The van der Waals surface area contributed by atoms with Crippen molar-refractivity contribution in [2.75, 3.05) is 0 Å². The van der Waals surface area contributed by atoms with Crippen LogP contribution < -0.4 is 5.56 Å². The zero-order chi connectivity index (χ0) is 11.8. The lowest BCUT2D eigenvalue weighted by Crippen LogP contribution is -2.05. The highest BCUT2D eigenvalue weighted by molar-refractivity contribution is 5.79. The molecule has 2 aromatic heterocycles. The maximum Gasteiger partial charge on any atom is 0.264 e. The second kappa shape index (κ2) is 3.51. The van der Waals surface area contributed by atoms with Gasteiger partial charge in [0, 0.05) is 6.07 Å². The molecular weight excluding hydrogens is 223 g/mol. The Balaban J connectivity index is 2.21. The van der Waals surface area contributed by atoms with Crippen molar-refractivity contribution in [1.29, 1.82) is 0 Å². The normalized spacial score (nSPS) is 10.9. The molecule has 0 aliphatic carbocycles. The number of benzene rings is 1. The van der Waals surface area contributed by atoms with Crippen LogP contribution in [0, 0.1) is 5.82 Å². The molecular formula is C11H7FN4O. The fourth-order valence-electron chi connectivity index (χ4n) is 1.59. The Kier molecular flexibility index (Phi) is 2.01. The number of aromatic nitrogens is 4. The Morgan fingerprint density at radius 2 is 2.06 bits per heavy atom. The van der Waals surface area contributed by atoms with Crippen LogP contribution in [0.15, 0.2) is 35.1 Å². The third-order valence-electron chi connectivity index (χ3n) is 2.39. The Bertz CT molecular complexity index is 726. The van der Waals surface area contributed by atoms with E-state index in [9.17, 15) is 9.18 Å². The average molecular weight is 230 g/mol. The highest BCUT2D eigenvalue weighted by Crippen LogP contribution is 2.19. The van der Waals surface area contributed by atoms with Crippen LogP contribution in [0.3, 0.4) is 0 Å². The number of nitrogens with zero attached hydrogens (tertiary/aromatic N) is 2. The Labute approximate surface area is 94.3 Å². The van der Waals surface area contributed by atoms with Gasteiger partial charge in [0.1, 0.15) is 11.2 Å². The summed E-state index contributed by atoms with van der Waals surface area (Å²) in [6.45, 7) is 0. The van der Waals surface area contributed by atoms with Crippen molar-refractivity contribution >= 4 is 11.0 Å².